The molecule has 4 aromatic rings. The highest BCUT2D eigenvalue weighted by Gasteiger charge is 2.26. The van der Waals surface area contributed by atoms with Crippen LogP contribution in [-0.2, 0) is 0 Å². The van der Waals surface area contributed by atoms with Crippen LogP contribution in [0.1, 0.15) is 37.7 Å². The fraction of sp³-hybridized carbons (Fsp3) is 0.179. The molecule has 9 heteroatoms. The van der Waals surface area contributed by atoms with Gasteiger partial charge in [0.15, 0.2) is 5.69 Å². The Morgan fingerprint density at radius 1 is 1.00 bits per heavy atom. The summed E-state index contributed by atoms with van der Waals surface area (Å²) in [6.45, 7) is 5.25. The third-order valence-corrected chi connectivity index (χ3v) is 6.13. The lowest BCUT2D eigenvalue weighted by molar-refractivity contribution is -0.594. The van der Waals surface area contributed by atoms with Crippen molar-refractivity contribution in [2.24, 2.45) is 0 Å². The van der Waals surface area contributed by atoms with E-state index >= 15 is 0 Å². The zero-order valence-corrected chi connectivity index (χ0v) is 21.2. The van der Waals surface area contributed by atoms with Crippen molar-refractivity contribution in [1.82, 2.24) is 10.3 Å². The summed E-state index contributed by atoms with van der Waals surface area (Å²) in [5, 5.41) is 18.5. The molecule has 3 aromatic carbocycles. The molecule has 0 atom stereocenters. The number of imidazole rings is 1. The lowest BCUT2D eigenvalue weighted by atomic mass is 9.93. The lowest BCUT2D eigenvalue weighted by Crippen LogP contribution is -2.36. The molecule has 8 nitrogen and oxygen atoms in total. The molecule has 190 valence electrons. The maximum atomic E-state index is 13.9. The highest BCUT2D eigenvalue weighted by molar-refractivity contribution is 6.04. The van der Waals surface area contributed by atoms with E-state index < -0.39 is 5.91 Å². The Morgan fingerprint density at radius 3 is 2.35 bits per heavy atom. The van der Waals surface area contributed by atoms with E-state index in [0.29, 0.717) is 38.6 Å². The number of anilines is 1. The van der Waals surface area contributed by atoms with Gasteiger partial charge in [0.2, 0.25) is 5.69 Å². The number of aryl methyl sites for hydroxylation is 3. The van der Waals surface area contributed by atoms with Gasteiger partial charge in [-0.25, -0.2) is 14.1 Å². The molecule has 0 unspecified atom stereocenters. The third-order valence-electron chi connectivity index (χ3n) is 6.13. The van der Waals surface area contributed by atoms with Gasteiger partial charge >= 0.3 is 0 Å². The van der Waals surface area contributed by atoms with Crippen LogP contribution in [0.5, 0.6) is 5.75 Å². The fourth-order valence-electron chi connectivity index (χ4n) is 4.46. The van der Waals surface area contributed by atoms with Gasteiger partial charge in [0.1, 0.15) is 11.6 Å². The predicted octanol–water partition coefficient (Wildman–Crippen LogP) is 4.67. The van der Waals surface area contributed by atoms with Gasteiger partial charge in [-0.2, -0.15) is 0 Å². The summed E-state index contributed by atoms with van der Waals surface area (Å²) < 4.78 is 20.0. The molecular weight excluding hydrogens is 475 g/mol. The second kappa shape index (κ2) is 10.1. The van der Waals surface area contributed by atoms with Crippen LogP contribution in [0.15, 0.2) is 54.6 Å². The highest BCUT2D eigenvalue weighted by Crippen LogP contribution is 2.37. The molecule has 1 heterocycles. The SMILES string of the molecule is CNC(=O)c1cccc(NC(=O)c2c(C)[nH]c(-c3ccc(OC)c(-c4c(C)cc(F)cc4C)c3)[n+]2[O-])c1. The number of amides is 2. The van der Waals surface area contributed by atoms with E-state index in [2.05, 4.69) is 15.6 Å². The van der Waals surface area contributed by atoms with Crippen molar-refractivity contribution >= 4 is 17.5 Å². The van der Waals surface area contributed by atoms with Gasteiger partial charge < -0.3 is 20.6 Å². The molecule has 0 aliphatic rings. The molecule has 4 rings (SSSR count). The molecule has 0 fully saturated rings. The monoisotopic (exact) mass is 502 g/mol. The average molecular weight is 503 g/mol. The number of ether oxygens (including phenoxy) is 1. The summed E-state index contributed by atoms with van der Waals surface area (Å²) in [5.41, 5.74) is 4.49. The Morgan fingerprint density at radius 2 is 1.70 bits per heavy atom. The van der Waals surface area contributed by atoms with Gasteiger partial charge in [0.25, 0.3) is 17.6 Å². The second-order valence-corrected chi connectivity index (χ2v) is 8.69. The molecule has 3 N–H and O–H groups in total. The number of nitrogens with zero attached hydrogens (tertiary/aromatic N) is 1. The molecule has 0 saturated carbocycles. The smallest absolute Gasteiger partial charge is 0.300 e. The summed E-state index contributed by atoms with van der Waals surface area (Å²) in [6.07, 6.45) is 0. The number of nitrogens with one attached hydrogen (secondary N) is 3. The molecule has 37 heavy (non-hydrogen) atoms. The van der Waals surface area contributed by atoms with E-state index in [9.17, 15) is 19.2 Å². The van der Waals surface area contributed by atoms with Crippen molar-refractivity contribution in [3.05, 3.63) is 93.7 Å². The highest BCUT2D eigenvalue weighted by atomic mass is 19.1. The summed E-state index contributed by atoms with van der Waals surface area (Å²) >= 11 is 0. The van der Waals surface area contributed by atoms with Gasteiger partial charge in [-0.15, -0.1) is 0 Å². The molecular formula is C28H27FN4O4. The van der Waals surface area contributed by atoms with Crippen LogP contribution < -0.4 is 20.1 Å². The minimum absolute atomic E-state index is 0.105. The van der Waals surface area contributed by atoms with Gasteiger partial charge in [-0.1, -0.05) is 6.07 Å². The van der Waals surface area contributed by atoms with Crippen molar-refractivity contribution in [3.63, 3.8) is 0 Å². The number of aromatic amines is 1. The topological polar surface area (TPSA) is 110 Å². The Balaban J connectivity index is 1.73. The molecule has 0 bridgehead atoms. The second-order valence-electron chi connectivity index (χ2n) is 8.69. The summed E-state index contributed by atoms with van der Waals surface area (Å²) in [7, 11) is 3.06. The van der Waals surface area contributed by atoms with Gasteiger partial charge in [0, 0.05) is 30.8 Å². The maximum Gasteiger partial charge on any atom is 0.300 e. The first kappa shape index (κ1) is 25.4. The number of hydrogen-bond donors (Lipinski definition) is 3. The summed E-state index contributed by atoms with van der Waals surface area (Å²) in [6, 6.07) is 14.5. The van der Waals surface area contributed by atoms with Crippen LogP contribution >= 0.6 is 0 Å². The van der Waals surface area contributed by atoms with Gasteiger partial charge in [-0.3, -0.25) is 9.59 Å². The van der Waals surface area contributed by atoms with Crippen LogP contribution in [0, 0.1) is 31.8 Å². The molecule has 0 saturated heterocycles. The molecule has 0 aliphatic heterocycles. The van der Waals surface area contributed by atoms with Crippen molar-refractivity contribution in [2.45, 2.75) is 20.8 Å². The van der Waals surface area contributed by atoms with Crippen LogP contribution in [-0.4, -0.2) is 31.0 Å². The van der Waals surface area contributed by atoms with Crippen molar-refractivity contribution in [3.8, 4) is 28.3 Å². The summed E-state index contributed by atoms with van der Waals surface area (Å²) in [4.78, 5) is 28.0. The normalized spacial score (nSPS) is 10.8. The number of aromatic nitrogens is 2. The van der Waals surface area contributed by atoms with Crippen LogP contribution in [0.2, 0.25) is 0 Å². The Hall–Kier alpha value is -4.66. The first-order valence-electron chi connectivity index (χ1n) is 11.6. The van der Waals surface area contributed by atoms with E-state index in [1.807, 2.05) is 13.8 Å². The van der Waals surface area contributed by atoms with Crippen molar-refractivity contribution in [2.75, 3.05) is 19.5 Å². The quantitative estimate of drug-likeness (QED) is 0.263. The van der Waals surface area contributed by atoms with E-state index in [4.69, 9.17) is 4.74 Å². The number of rotatable bonds is 6. The molecule has 0 spiro atoms. The maximum absolute atomic E-state index is 13.9. The predicted molar refractivity (Wildman–Crippen MR) is 139 cm³/mol. The van der Waals surface area contributed by atoms with E-state index in [1.165, 1.54) is 25.2 Å². The largest absolute Gasteiger partial charge is 0.710 e. The van der Waals surface area contributed by atoms with E-state index in [-0.39, 0.29) is 23.2 Å². The van der Waals surface area contributed by atoms with Crippen LogP contribution in [0.3, 0.4) is 0 Å². The minimum atomic E-state index is -0.622. The fourth-order valence-corrected chi connectivity index (χ4v) is 4.46. The van der Waals surface area contributed by atoms with Crippen LogP contribution in [0.25, 0.3) is 22.5 Å². The van der Waals surface area contributed by atoms with Crippen molar-refractivity contribution in [1.29, 1.82) is 0 Å². The summed E-state index contributed by atoms with van der Waals surface area (Å²) in [5.74, 6) is -0.512. The van der Waals surface area contributed by atoms with Crippen molar-refractivity contribution < 1.29 is 23.4 Å². The van der Waals surface area contributed by atoms with Gasteiger partial charge in [0.05, 0.1) is 12.7 Å². The zero-order valence-electron chi connectivity index (χ0n) is 21.2. The first-order valence-corrected chi connectivity index (χ1v) is 11.6. The Kier molecular flexibility index (Phi) is 6.97. The Bertz CT molecular complexity index is 1500. The number of H-pyrrole nitrogens is 1. The van der Waals surface area contributed by atoms with Crippen LogP contribution in [0.4, 0.5) is 10.1 Å². The number of carbonyl (C=O) groups is 2. The number of hydrogen-bond acceptors (Lipinski definition) is 4. The number of halogens is 1. The zero-order chi connectivity index (χ0) is 26.9. The molecule has 2 amide bonds. The number of methoxy groups -OCH3 is 1. The standard InChI is InChI=1S/C28H27FN4O4/c1-15-11-20(29)12-16(2)24(15)22-14-18(9-10-23(22)37-5)26-31-17(3)25(33(26)36)28(35)32-21-8-6-7-19(13-21)27(34)30-4/h6-14,31H,1-5H3,(H,30,34)(H,32,35). The number of carbonyl (C=O) groups excluding carboxylic acids is 2. The Labute approximate surface area is 213 Å². The number of benzene rings is 3. The average Bonchev–Trinajstić information content (AvgIpc) is 3.16. The molecule has 0 aliphatic carbocycles. The lowest BCUT2D eigenvalue weighted by Gasteiger charge is -2.15. The minimum Gasteiger partial charge on any atom is -0.710 e. The van der Waals surface area contributed by atoms with E-state index in [0.717, 1.165) is 16.7 Å². The van der Waals surface area contributed by atoms with E-state index in [1.54, 1.807) is 50.4 Å². The molecule has 1 aromatic heterocycles. The first-order chi connectivity index (χ1) is 17.6. The molecule has 0 radical (unpaired) electrons. The third kappa shape index (κ3) is 4.88. The van der Waals surface area contributed by atoms with Gasteiger partial charge in [-0.05, 0) is 79.1 Å².